The minimum Gasteiger partial charge on any atom is -0.490 e. The molecule has 0 N–H and O–H groups in total. The summed E-state index contributed by atoms with van der Waals surface area (Å²) >= 11 is 4.19. The third kappa shape index (κ3) is 3.67. The fourth-order valence-corrected chi connectivity index (χ4v) is 1.73. The van der Waals surface area contributed by atoms with Gasteiger partial charge in [0.05, 0.1) is 6.61 Å². The molecule has 0 aliphatic carbocycles. The average Bonchev–Trinajstić information content (AvgIpc) is 2.29. The summed E-state index contributed by atoms with van der Waals surface area (Å²) in [5.74, 6) is -0.865. The molecule has 1 aromatic rings. The van der Waals surface area contributed by atoms with Crippen molar-refractivity contribution in [2.24, 2.45) is 5.92 Å². The van der Waals surface area contributed by atoms with E-state index in [0.717, 1.165) is 18.9 Å². The van der Waals surface area contributed by atoms with Gasteiger partial charge in [-0.25, -0.2) is 4.39 Å². The maximum atomic E-state index is 13.2. The number of ether oxygens (including phenoxy) is 1. The van der Waals surface area contributed by atoms with E-state index in [1.54, 1.807) is 0 Å². The lowest BCUT2D eigenvalue weighted by atomic mass is 10.1. The van der Waals surface area contributed by atoms with Crippen LogP contribution in [-0.2, 0) is 0 Å². The number of thiol groups is 1. The van der Waals surface area contributed by atoms with Gasteiger partial charge < -0.3 is 4.74 Å². The summed E-state index contributed by atoms with van der Waals surface area (Å²) in [6, 6.07) is 3.94. The Morgan fingerprint density at radius 2 is 2.12 bits per heavy atom. The Bertz CT molecular complexity index is 331. The Kier molecular flexibility index (Phi) is 5.60. The number of benzene rings is 1. The van der Waals surface area contributed by atoms with E-state index in [9.17, 15) is 8.78 Å². The van der Waals surface area contributed by atoms with Crippen molar-refractivity contribution in [3.8, 4) is 5.75 Å². The van der Waals surface area contributed by atoms with Gasteiger partial charge in [0.25, 0.3) is 0 Å². The monoisotopic (exact) mass is 246 g/mol. The molecule has 1 rings (SSSR count). The SMILES string of the molecule is CCCC(CS)COc1cccc(F)c1F. The highest BCUT2D eigenvalue weighted by molar-refractivity contribution is 7.80. The highest BCUT2D eigenvalue weighted by Crippen LogP contribution is 2.20. The Hall–Kier alpha value is -0.770. The van der Waals surface area contributed by atoms with Crippen molar-refractivity contribution < 1.29 is 13.5 Å². The van der Waals surface area contributed by atoms with Crippen LogP contribution in [0.1, 0.15) is 19.8 Å². The maximum absolute atomic E-state index is 13.2. The lowest BCUT2D eigenvalue weighted by Gasteiger charge is -2.14. The third-order valence-electron chi connectivity index (χ3n) is 2.35. The zero-order chi connectivity index (χ0) is 12.0. The second kappa shape index (κ2) is 6.74. The molecule has 16 heavy (non-hydrogen) atoms. The van der Waals surface area contributed by atoms with Gasteiger partial charge in [0.15, 0.2) is 11.6 Å². The summed E-state index contributed by atoms with van der Waals surface area (Å²) in [6.07, 6.45) is 2.00. The Morgan fingerprint density at radius 3 is 2.75 bits per heavy atom. The minimum atomic E-state index is -0.920. The van der Waals surface area contributed by atoms with Gasteiger partial charge in [0.2, 0.25) is 5.82 Å². The molecule has 0 aliphatic heterocycles. The topological polar surface area (TPSA) is 9.23 Å². The first-order valence-electron chi connectivity index (χ1n) is 5.36. The molecule has 1 nitrogen and oxygen atoms in total. The van der Waals surface area contributed by atoms with Crippen LogP contribution >= 0.6 is 12.6 Å². The third-order valence-corrected chi connectivity index (χ3v) is 2.86. The van der Waals surface area contributed by atoms with E-state index in [1.807, 2.05) is 0 Å². The normalized spacial score (nSPS) is 12.5. The summed E-state index contributed by atoms with van der Waals surface area (Å²) in [5.41, 5.74) is 0. The molecule has 0 amide bonds. The summed E-state index contributed by atoms with van der Waals surface area (Å²) in [4.78, 5) is 0. The molecule has 0 aliphatic rings. The van der Waals surface area contributed by atoms with Gasteiger partial charge >= 0.3 is 0 Å². The molecule has 0 bridgehead atoms. The molecule has 0 saturated carbocycles. The first-order valence-corrected chi connectivity index (χ1v) is 6.00. The van der Waals surface area contributed by atoms with Crippen molar-refractivity contribution in [2.45, 2.75) is 19.8 Å². The highest BCUT2D eigenvalue weighted by Gasteiger charge is 2.11. The summed E-state index contributed by atoms with van der Waals surface area (Å²) in [6.45, 7) is 2.44. The van der Waals surface area contributed by atoms with Crippen LogP contribution < -0.4 is 4.74 Å². The fraction of sp³-hybridized carbons (Fsp3) is 0.500. The minimum absolute atomic E-state index is 0.0251. The first-order chi connectivity index (χ1) is 7.69. The maximum Gasteiger partial charge on any atom is 0.200 e. The van der Waals surface area contributed by atoms with Gasteiger partial charge in [-0.2, -0.15) is 17.0 Å². The van der Waals surface area contributed by atoms with Crippen LogP contribution in [0, 0.1) is 17.6 Å². The Balaban J connectivity index is 2.56. The van der Waals surface area contributed by atoms with E-state index in [0.29, 0.717) is 12.4 Å². The van der Waals surface area contributed by atoms with E-state index in [-0.39, 0.29) is 11.7 Å². The molecular weight excluding hydrogens is 230 g/mol. The van der Waals surface area contributed by atoms with Crippen LogP contribution in [0.2, 0.25) is 0 Å². The van der Waals surface area contributed by atoms with E-state index in [2.05, 4.69) is 19.6 Å². The number of halogens is 2. The summed E-state index contributed by atoms with van der Waals surface area (Å²) in [7, 11) is 0. The van der Waals surface area contributed by atoms with Crippen molar-refractivity contribution in [1.82, 2.24) is 0 Å². The van der Waals surface area contributed by atoms with Crippen molar-refractivity contribution in [3.63, 3.8) is 0 Å². The molecule has 0 saturated heterocycles. The van der Waals surface area contributed by atoms with Crippen LogP contribution in [0.4, 0.5) is 8.78 Å². The molecule has 1 atom stereocenters. The van der Waals surface area contributed by atoms with Crippen molar-refractivity contribution in [2.75, 3.05) is 12.4 Å². The van der Waals surface area contributed by atoms with Gasteiger partial charge in [-0.3, -0.25) is 0 Å². The number of hydrogen-bond acceptors (Lipinski definition) is 2. The zero-order valence-corrected chi connectivity index (χ0v) is 10.1. The van der Waals surface area contributed by atoms with Crippen LogP contribution in [0.3, 0.4) is 0 Å². The quantitative estimate of drug-likeness (QED) is 0.753. The summed E-state index contributed by atoms with van der Waals surface area (Å²) in [5, 5.41) is 0. The van der Waals surface area contributed by atoms with Crippen LogP contribution in [0.15, 0.2) is 18.2 Å². The highest BCUT2D eigenvalue weighted by atomic mass is 32.1. The van der Waals surface area contributed by atoms with Crippen molar-refractivity contribution in [1.29, 1.82) is 0 Å². The predicted octanol–water partition coefficient (Wildman–Crippen LogP) is 3.69. The van der Waals surface area contributed by atoms with Gasteiger partial charge in [-0.1, -0.05) is 19.4 Å². The number of rotatable bonds is 6. The van der Waals surface area contributed by atoms with Crippen molar-refractivity contribution in [3.05, 3.63) is 29.8 Å². The van der Waals surface area contributed by atoms with E-state index >= 15 is 0 Å². The van der Waals surface area contributed by atoms with Crippen LogP contribution in [0.25, 0.3) is 0 Å². The molecular formula is C12H16F2OS. The predicted molar refractivity (Wildman–Crippen MR) is 64.1 cm³/mol. The van der Waals surface area contributed by atoms with Gasteiger partial charge in [-0.05, 0) is 24.3 Å². The molecule has 0 heterocycles. The second-order valence-electron chi connectivity index (χ2n) is 3.70. The molecule has 0 spiro atoms. The second-order valence-corrected chi connectivity index (χ2v) is 4.07. The Labute approximate surface area is 100 Å². The average molecular weight is 246 g/mol. The largest absolute Gasteiger partial charge is 0.490 e. The lowest BCUT2D eigenvalue weighted by Crippen LogP contribution is -2.14. The van der Waals surface area contributed by atoms with Crippen molar-refractivity contribution >= 4 is 12.6 Å². The summed E-state index contributed by atoms with van der Waals surface area (Å²) < 4.78 is 31.3. The first kappa shape index (κ1) is 13.3. The molecule has 0 aromatic heterocycles. The molecule has 0 fully saturated rings. The van der Waals surface area contributed by atoms with E-state index in [4.69, 9.17) is 4.74 Å². The van der Waals surface area contributed by atoms with Gasteiger partial charge in [-0.15, -0.1) is 0 Å². The zero-order valence-electron chi connectivity index (χ0n) is 9.25. The lowest BCUT2D eigenvalue weighted by molar-refractivity contribution is 0.241. The molecule has 90 valence electrons. The molecule has 1 aromatic carbocycles. The molecule has 4 heteroatoms. The fourth-order valence-electron chi connectivity index (χ4n) is 1.44. The van der Waals surface area contributed by atoms with Gasteiger partial charge in [0.1, 0.15) is 0 Å². The standard InChI is InChI=1S/C12H16F2OS/c1-2-4-9(8-16)7-15-11-6-3-5-10(13)12(11)14/h3,5-6,9,16H,2,4,7-8H2,1H3. The molecule has 1 unspecified atom stereocenters. The van der Waals surface area contributed by atoms with E-state index < -0.39 is 11.6 Å². The van der Waals surface area contributed by atoms with Gasteiger partial charge in [0, 0.05) is 5.92 Å². The smallest absolute Gasteiger partial charge is 0.200 e. The number of hydrogen-bond donors (Lipinski definition) is 1. The van der Waals surface area contributed by atoms with E-state index in [1.165, 1.54) is 12.1 Å². The molecule has 0 radical (unpaired) electrons. The van der Waals surface area contributed by atoms with Crippen LogP contribution in [-0.4, -0.2) is 12.4 Å². The Morgan fingerprint density at radius 1 is 1.38 bits per heavy atom. The van der Waals surface area contributed by atoms with Crippen LogP contribution in [0.5, 0.6) is 5.75 Å².